The lowest BCUT2D eigenvalue weighted by atomic mass is 10.1. The summed E-state index contributed by atoms with van der Waals surface area (Å²) in [4.78, 5) is 49.1. The smallest absolute Gasteiger partial charge is 0.416 e. The molecule has 38 heavy (non-hydrogen) atoms. The number of nitrogens with zero attached hydrogens (tertiary/aromatic N) is 1. The van der Waals surface area contributed by atoms with Crippen molar-refractivity contribution < 1.29 is 51.7 Å². The number of alkyl halides is 3. The number of hydrogen-bond acceptors (Lipinski definition) is 8. The molecule has 2 N–H and O–H groups in total. The van der Waals surface area contributed by atoms with E-state index in [0.29, 0.717) is 28.3 Å². The fraction of sp³-hybridized carbons (Fsp3) is 0.217. The van der Waals surface area contributed by atoms with Crippen molar-refractivity contribution in [1.82, 2.24) is 4.90 Å². The lowest BCUT2D eigenvalue weighted by Crippen LogP contribution is -2.36. The number of carboxylic acid groups (broad SMARTS) is 1. The van der Waals surface area contributed by atoms with Crippen molar-refractivity contribution in [2.24, 2.45) is 0 Å². The van der Waals surface area contributed by atoms with Gasteiger partial charge in [-0.1, -0.05) is 11.6 Å². The highest BCUT2D eigenvalue weighted by molar-refractivity contribution is 8.18. The summed E-state index contributed by atoms with van der Waals surface area (Å²) in [5, 5.41) is 10.2. The molecule has 2 aromatic carbocycles. The second kappa shape index (κ2) is 11.6. The number of methoxy groups -OCH3 is 2. The van der Waals surface area contributed by atoms with Gasteiger partial charge in [0, 0.05) is 0 Å². The van der Waals surface area contributed by atoms with Crippen molar-refractivity contribution in [2.45, 2.75) is 6.18 Å². The third kappa shape index (κ3) is 6.69. The predicted molar refractivity (Wildman–Crippen MR) is 130 cm³/mol. The van der Waals surface area contributed by atoms with Crippen molar-refractivity contribution in [2.75, 3.05) is 32.7 Å². The van der Waals surface area contributed by atoms with Crippen LogP contribution in [0.5, 0.6) is 17.2 Å². The Balaban J connectivity index is 1.78. The number of carboxylic acids is 1. The van der Waals surface area contributed by atoms with Gasteiger partial charge in [-0.15, -0.1) is 0 Å². The molecule has 1 saturated heterocycles. The molecule has 0 bridgehead atoms. The lowest BCUT2D eigenvalue weighted by Gasteiger charge is -2.16. The molecule has 10 nitrogen and oxygen atoms in total. The Morgan fingerprint density at radius 1 is 1.13 bits per heavy atom. The number of nitrogens with one attached hydrogen (secondary N) is 1. The molecule has 2 aromatic rings. The molecule has 202 valence electrons. The van der Waals surface area contributed by atoms with Gasteiger partial charge in [0.1, 0.15) is 12.3 Å². The van der Waals surface area contributed by atoms with E-state index in [1.165, 1.54) is 32.4 Å². The Bertz CT molecular complexity index is 1330. The fourth-order valence-corrected chi connectivity index (χ4v) is 4.31. The normalized spacial score (nSPS) is 14.6. The molecule has 0 aliphatic carbocycles. The first-order chi connectivity index (χ1) is 17.8. The monoisotopic (exact) mass is 574 g/mol. The Labute approximate surface area is 222 Å². The lowest BCUT2D eigenvalue weighted by molar-refractivity contribution is -0.139. The number of ether oxygens (including phenoxy) is 3. The Hall–Kier alpha value is -3.91. The molecule has 15 heteroatoms. The number of halogens is 4. The first kappa shape index (κ1) is 28.7. The van der Waals surface area contributed by atoms with Crippen LogP contribution < -0.4 is 19.5 Å². The molecule has 1 aliphatic heterocycles. The second-order valence-corrected chi connectivity index (χ2v) is 8.85. The molecule has 3 amide bonds. The van der Waals surface area contributed by atoms with Crippen LogP contribution in [0.2, 0.25) is 5.02 Å². The molecule has 0 unspecified atom stereocenters. The molecule has 0 atom stereocenters. The van der Waals surface area contributed by atoms with Crippen LogP contribution in [0.3, 0.4) is 0 Å². The number of anilines is 1. The molecule has 0 saturated carbocycles. The summed E-state index contributed by atoms with van der Waals surface area (Å²) in [6, 6.07) is 5.22. The maximum Gasteiger partial charge on any atom is 0.416 e. The van der Waals surface area contributed by atoms with Crippen LogP contribution in [0.15, 0.2) is 35.2 Å². The number of rotatable bonds is 9. The van der Waals surface area contributed by atoms with Crippen LogP contribution in [0, 0.1) is 0 Å². The highest BCUT2D eigenvalue weighted by atomic mass is 35.5. The van der Waals surface area contributed by atoms with Crippen LogP contribution in [0.25, 0.3) is 6.08 Å². The maximum atomic E-state index is 13.1. The Morgan fingerprint density at radius 3 is 2.42 bits per heavy atom. The number of carbonyl (C=O) groups excluding carboxylic acids is 3. The van der Waals surface area contributed by atoms with Crippen molar-refractivity contribution in [3.63, 3.8) is 0 Å². The zero-order valence-electron chi connectivity index (χ0n) is 19.6. The number of amides is 3. The summed E-state index contributed by atoms with van der Waals surface area (Å²) in [5.41, 5.74) is -1.02. The van der Waals surface area contributed by atoms with Crippen molar-refractivity contribution >= 4 is 58.1 Å². The van der Waals surface area contributed by atoms with Crippen LogP contribution in [0.4, 0.5) is 23.7 Å². The third-order valence-electron chi connectivity index (χ3n) is 4.87. The standard InChI is InChI=1S/C23H18ClF3N2O8S/c1-35-15-4-3-12(23(25,26)27)8-14(15)28-18(30)9-29-21(33)17(38-22(29)34)7-11-5-13(24)20(16(6-11)36-2)37-10-19(31)32/h3-8H,9-10H2,1-2H3,(H,28,30)(H,31,32)/b17-7-. The van der Waals surface area contributed by atoms with Gasteiger partial charge in [0.25, 0.3) is 11.1 Å². The quantitative estimate of drug-likeness (QED) is 0.415. The number of aliphatic carboxylic acids is 1. The molecule has 3 rings (SSSR count). The molecule has 0 radical (unpaired) electrons. The van der Waals surface area contributed by atoms with E-state index >= 15 is 0 Å². The van der Waals surface area contributed by atoms with Gasteiger partial charge >= 0.3 is 12.1 Å². The van der Waals surface area contributed by atoms with Gasteiger partial charge in [0.05, 0.1) is 35.4 Å². The first-order valence-electron chi connectivity index (χ1n) is 10.4. The van der Waals surface area contributed by atoms with Gasteiger partial charge in [0.2, 0.25) is 5.91 Å². The minimum Gasteiger partial charge on any atom is -0.495 e. The van der Waals surface area contributed by atoms with E-state index in [1.807, 2.05) is 0 Å². The minimum absolute atomic E-state index is 0.0227. The zero-order valence-corrected chi connectivity index (χ0v) is 21.1. The van der Waals surface area contributed by atoms with E-state index < -0.39 is 47.9 Å². The SMILES string of the molecule is COc1ccc(C(F)(F)F)cc1NC(=O)CN1C(=O)S/C(=C\c2cc(Cl)c(OCC(=O)O)c(OC)c2)C1=O. The van der Waals surface area contributed by atoms with Gasteiger partial charge in [-0.3, -0.25) is 19.3 Å². The average molecular weight is 575 g/mol. The Morgan fingerprint density at radius 2 is 1.82 bits per heavy atom. The number of thioether (sulfide) groups is 1. The third-order valence-corrected chi connectivity index (χ3v) is 6.05. The van der Waals surface area contributed by atoms with Crippen molar-refractivity contribution in [3.05, 3.63) is 51.4 Å². The highest BCUT2D eigenvalue weighted by Gasteiger charge is 2.37. The molecule has 0 aromatic heterocycles. The number of benzene rings is 2. The van der Waals surface area contributed by atoms with Crippen LogP contribution in [-0.2, 0) is 20.6 Å². The van der Waals surface area contributed by atoms with E-state index in [1.54, 1.807) is 0 Å². The van der Waals surface area contributed by atoms with Gasteiger partial charge in [-0.05, 0) is 53.7 Å². The van der Waals surface area contributed by atoms with Crippen molar-refractivity contribution in [3.8, 4) is 17.2 Å². The van der Waals surface area contributed by atoms with Gasteiger partial charge < -0.3 is 24.6 Å². The molecule has 1 fully saturated rings. The number of carbonyl (C=O) groups is 4. The average Bonchev–Trinajstić information content (AvgIpc) is 3.09. The van der Waals surface area contributed by atoms with E-state index in [0.717, 1.165) is 12.1 Å². The predicted octanol–water partition coefficient (Wildman–Crippen LogP) is 4.51. The summed E-state index contributed by atoms with van der Waals surface area (Å²) in [7, 11) is 2.49. The van der Waals surface area contributed by atoms with Crippen LogP contribution in [0.1, 0.15) is 11.1 Å². The summed E-state index contributed by atoms with van der Waals surface area (Å²) < 4.78 is 54.4. The summed E-state index contributed by atoms with van der Waals surface area (Å²) in [5.74, 6) is -3.02. The topological polar surface area (TPSA) is 131 Å². The van der Waals surface area contributed by atoms with E-state index in [9.17, 15) is 32.3 Å². The molecular weight excluding hydrogens is 557 g/mol. The number of hydrogen-bond donors (Lipinski definition) is 2. The maximum absolute atomic E-state index is 13.1. The summed E-state index contributed by atoms with van der Waals surface area (Å²) >= 11 is 6.68. The molecule has 1 heterocycles. The van der Waals surface area contributed by atoms with Gasteiger partial charge in [-0.25, -0.2) is 4.79 Å². The largest absolute Gasteiger partial charge is 0.495 e. The van der Waals surface area contributed by atoms with E-state index in [2.05, 4.69) is 5.32 Å². The zero-order chi connectivity index (χ0) is 28.2. The van der Waals surface area contributed by atoms with Crippen molar-refractivity contribution in [1.29, 1.82) is 0 Å². The highest BCUT2D eigenvalue weighted by Crippen LogP contribution is 2.39. The number of imide groups is 1. The minimum atomic E-state index is -4.67. The molecule has 1 aliphatic rings. The fourth-order valence-electron chi connectivity index (χ4n) is 3.20. The summed E-state index contributed by atoms with van der Waals surface area (Å²) in [6.07, 6.45) is -3.37. The van der Waals surface area contributed by atoms with Gasteiger partial charge in [-0.2, -0.15) is 13.2 Å². The van der Waals surface area contributed by atoms with Crippen LogP contribution in [-0.4, -0.2) is 60.4 Å². The van der Waals surface area contributed by atoms with Gasteiger partial charge in [0.15, 0.2) is 18.1 Å². The molecule has 0 spiro atoms. The van der Waals surface area contributed by atoms with E-state index in [4.69, 9.17) is 30.9 Å². The Kier molecular flexibility index (Phi) is 8.78. The van der Waals surface area contributed by atoms with E-state index in [-0.39, 0.29) is 32.9 Å². The molecular formula is C23H18ClF3N2O8S. The van der Waals surface area contributed by atoms with Crippen LogP contribution >= 0.6 is 23.4 Å². The summed E-state index contributed by atoms with van der Waals surface area (Å²) in [6.45, 7) is -1.45. The second-order valence-electron chi connectivity index (χ2n) is 7.45. The first-order valence-corrected chi connectivity index (χ1v) is 11.6.